The van der Waals surface area contributed by atoms with Crippen molar-refractivity contribution in [2.24, 2.45) is 4.99 Å². The van der Waals surface area contributed by atoms with Crippen molar-refractivity contribution in [3.8, 4) is 0 Å². The number of rotatable bonds is 5. The molecule has 0 saturated carbocycles. The Hall–Kier alpha value is -2.49. The molecule has 2 heterocycles. The van der Waals surface area contributed by atoms with Gasteiger partial charge in [-0.2, -0.15) is 0 Å². The number of benzene rings is 2. The zero-order valence-corrected chi connectivity index (χ0v) is 23.1. The molecule has 9 heteroatoms. The molecule has 0 bridgehead atoms. The van der Waals surface area contributed by atoms with Crippen molar-refractivity contribution in [2.45, 2.75) is 19.9 Å². The molecule has 0 N–H and O–H groups in total. The van der Waals surface area contributed by atoms with Crippen molar-refractivity contribution in [1.82, 2.24) is 4.57 Å². The molecular formula is C25H23Br2N3O3S. The van der Waals surface area contributed by atoms with Gasteiger partial charge in [-0.3, -0.25) is 9.36 Å². The fraction of sp³-hybridized carbons (Fsp3) is 0.240. The lowest BCUT2D eigenvalue weighted by molar-refractivity contribution is -0.139. The fourth-order valence-electron chi connectivity index (χ4n) is 3.88. The van der Waals surface area contributed by atoms with Crippen LogP contribution in [0.5, 0.6) is 0 Å². The van der Waals surface area contributed by atoms with Crippen molar-refractivity contribution in [2.75, 3.05) is 25.6 Å². The predicted octanol–water partition coefficient (Wildman–Crippen LogP) is 4.39. The van der Waals surface area contributed by atoms with Crippen LogP contribution in [-0.4, -0.2) is 31.2 Å². The van der Waals surface area contributed by atoms with Crippen LogP contribution < -0.4 is 19.8 Å². The van der Waals surface area contributed by atoms with E-state index >= 15 is 0 Å². The van der Waals surface area contributed by atoms with Gasteiger partial charge in [0.05, 0.1) is 34.1 Å². The molecule has 0 spiro atoms. The van der Waals surface area contributed by atoms with Crippen LogP contribution in [0.3, 0.4) is 0 Å². The van der Waals surface area contributed by atoms with Gasteiger partial charge >= 0.3 is 5.97 Å². The molecule has 4 rings (SSSR count). The number of hydrogen-bond acceptors (Lipinski definition) is 6. The van der Waals surface area contributed by atoms with Crippen molar-refractivity contribution >= 4 is 60.9 Å². The average Bonchev–Trinajstić information content (AvgIpc) is 3.08. The molecule has 0 saturated heterocycles. The smallest absolute Gasteiger partial charge is 0.338 e. The average molecular weight is 605 g/mol. The first-order chi connectivity index (χ1) is 16.2. The van der Waals surface area contributed by atoms with Gasteiger partial charge < -0.3 is 9.64 Å². The highest BCUT2D eigenvalue weighted by Gasteiger charge is 2.33. The van der Waals surface area contributed by atoms with E-state index in [9.17, 15) is 9.59 Å². The first kappa shape index (κ1) is 24.6. The summed E-state index contributed by atoms with van der Waals surface area (Å²) in [6.45, 7) is 3.79. The lowest BCUT2D eigenvalue weighted by Gasteiger charge is -2.24. The zero-order valence-electron chi connectivity index (χ0n) is 19.1. The second-order valence-corrected chi connectivity index (χ2v) is 10.7. The molecule has 34 heavy (non-hydrogen) atoms. The van der Waals surface area contributed by atoms with Gasteiger partial charge in [-0.15, -0.1) is 0 Å². The van der Waals surface area contributed by atoms with E-state index in [1.54, 1.807) is 18.4 Å². The SMILES string of the molecule is CCOC(=O)C1=C(C)N=c2s/c(=C\c3ccc(N(C)C)c(Br)c3)c(=O)n2C1c1ccc(Br)cc1. The summed E-state index contributed by atoms with van der Waals surface area (Å²) >= 11 is 8.38. The number of fused-ring (bicyclic) bond motifs is 1. The molecular weight excluding hydrogens is 582 g/mol. The molecule has 176 valence electrons. The number of nitrogens with zero attached hydrogens (tertiary/aromatic N) is 3. The maximum absolute atomic E-state index is 13.6. The highest BCUT2D eigenvalue weighted by molar-refractivity contribution is 9.10. The summed E-state index contributed by atoms with van der Waals surface area (Å²) in [6.07, 6.45) is 1.86. The summed E-state index contributed by atoms with van der Waals surface area (Å²) in [4.78, 5) is 33.7. The van der Waals surface area contributed by atoms with Crippen molar-refractivity contribution < 1.29 is 9.53 Å². The molecule has 1 unspecified atom stereocenters. The van der Waals surface area contributed by atoms with Crippen LogP contribution in [0.15, 0.2) is 72.5 Å². The molecule has 6 nitrogen and oxygen atoms in total. The van der Waals surface area contributed by atoms with E-state index < -0.39 is 12.0 Å². The molecule has 0 radical (unpaired) electrons. The second kappa shape index (κ2) is 10.0. The Morgan fingerprint density at radius 3 is 2.53 bits per heavy atom. The first-order valence-corrected chi connectivity index (χ1v) is 13.0. The molecule has 3 aromatic rings. The van der Waals surface area contributed by atoms with E-state index in [0.717, 1.165) is 25.8 Å². The molecule has 1 atom stereocenters. The molecule has 1 aliphatic rings. The van der Waals surface area contributed by atoms with Gasteiger partial charge in [0.2, 0.25) is 0 Å². The van der Waals surface area contributed by atoms with Crippen molar-refractivity contribution in [3.63, 3.8) is 0 Å². The Balaban J connectivity index is 1.91. The molecule has 1 aliphatic heterocycles. The Morgan fingerprint density at radius 2 is 1.91 bits per heavy atom. The van der Waals surface area contributed by atoms with Gasteiger partial charge in [0.1, 0.15) is 0 Å². The zero-order chi connectivity index (χ0) is 24.6. The van der Waals surface area contributed by atoms with Crippen molar-refractivity contribution in [3.05, 3.63) is 93.5 Å². The number of allylic oxidation sites excluding steroid dienone is 1. The van der Waals surface area contributed by atoms with E-state index in [2.05, 4.69) is 36.9 Å². The minimum absolute atomic E-state index is 0.196. The summed E-state index contributed by atoms with van der Waals surface area (Å²) in [6, 6.07) is 12.9. The molecule has 0 aliphatic carbocycles. The van der Waals surface area contributed by atoms with E-state index in [1.807, 2.05) is 67.5 Å². The molecule has 0 amide bonds. The molecule has 2 aromatic carbocycles. The van der Waals surface area contributed by atoms with Crippen LogP contribution in [0.2, 0.25) is 0 Å². The maximum atomic E-state index is 13.6. The minimum Gasteiger partial charge on any atom is -0.463 e. The van der Waals surface area contributed by atoms with Crippen LogP contribution in [0.1, 0.15) is 31.0 Å². The van der Waals surface area contributed by atoms with Crippen LogP contribution in [-0.2, 0) is 9.53 Å². The number of aromatic nitrogens is 1. The highest BCUT2D eigenvalue weighted by Crippen LogP contribution is 2.31. The highest BCUT2D eigenvalue weighted by atomic mass is 79.9. The van der Waals surface area contributed by atoms with E-state index in [1.165, 1.54) is 11.3 Å². The third-order valence-electron chi connectivity index (χ3n) is 5.45. The summed E-state index contributed by atoms with van der Waals surface area (Å²) in [5.41, 5.74) is 3.48. The maximum Gasteiger partial charge on any atom is 0.338 e. The van der Waals surface area contributed by atoms with Crippen LogP contribution >= 0.6 is 43.2 Å². The first-order valence-electron chi connectivity index (χ1n) is 10.6. The number of carbonyl (C=O) groups excluding carboxylic acids is 1. The number of esters is 1. The van der Waals surface area contributed by atoms with Gasteiger partial charge in [0, 0.05) is 23.0 Å². The van der Waals surface area contributed by atoms with Crippen LogP contribution in [0, 0.1) is 0 Å². The Bertz CT molecular complexity index is 1470. The quantitative estimate of drug-likeness (QED) is 0.405. The Kier molecular flexibility index (Phi) is 7.25. The lowest BCUT2D eigenvalue weighted by Crippen LogP contribution is -2.39. The molecule has 1 aromatic heterocycles. The monoisotopic (exact) mass is 603 g/mol. The van der Waals surface area contributed by atoms with Gasteiger partial charge in [0.25, 0.3) is 5.56 Å². The van der Waals surface area contributed by atoms with Crippen molar-refractivity contribution in [1.29, 1.82) is 0 Å². The third kappa shape index (κ3) is 4.69. The standard InChI is InChI=1S/C25H23Br2N3O3S/c1-5-33-24(32)21-14(2)28-25-30(22(21)16-7-9-17(26)10-8-16)23(31)20(34-25)13-15-6-11-19(29(3)4)18(27)12-15/h6-13,22H,5H2,1-4H3/b20-13-. The minimum atomic E-state index is -0.617. The summed E-state index contributed by atoms with van der Waals surface area (Å²) in [5, 5.41) is 0. The lowest BCUT2D eigenvalue weighted by atomic mass is 9.96. The Labute approximate surface area is 218 Å². The number of carbonyl (C=O) groups is 1. The number of ether oxygens (including phenoxy) is 1. The van der Waals surface area contributed by atoms with Crippen LogP contribution in [0.25, 0.3) is 6.08 Å². The second-order valence-electron chi connectivity index (χ2n) is 7.96. The largest absolute Gasteiger partial charge is 0.463 e. The van der Waals surface area contributed by atoms with Gasteiger partial charge in [-0.25, -0.2) is 9.79 Å². The number of halogens is 2. The number of anilines is 1. The van der Waals surface area contributed by atoms with E-state index in [-0.39, 0.29) is 12.2 Å². The fourth-order valence-corrected chi connectivity index (χ4v) is 5.94. The number of hydrogen-bond donors (Lipinski definition) is 0. The summed E-state index contributed by atoms with van der Waals surface area (Å²) in [7, 11) is 3.95. The Morgan fingerprint density at radius 1 is 1.21 bits per heavy atom. The normalized spacial score (nSPS) is 15.7. The summed E-state index contributed by atoms with van der Waals surface area (Å²) in [5.74, 6) is -0.464. The van der Waals surface area contributed by atoms with Gasteiger partial charge in [-0.05, 0) is 71.2 Å². The molecule has 0 fully saturated rings. The van der Waals surface area contributed by atoms with E-state index in [4.69, 9.17) is 4.74 Å². The van der Waals surface area contributed by atoms with Crippen LogP contribution in [0.4, 0.5) is 5.69 Å². The van der Waals surface area contributed by atoms with E-state index in [0.29, 0.717) is 20.6 Å². The van der Waals surface area contributed by atoms with Gasteiger partial charge in [-0.1, -0.05) is 45.5 Å². The summed E-state index contributed by atoms with van der Waals surface area (Å²) < 4.78 is 9.33. The topological polar surface area (TPSA) is 63.9 Å². The van der Waals surface area contributed by atoms with Gasteiger partial charge in [0.15, 0.2) is 4.80 Å². The number of thiazole rings is 1. The predicted molar refractivity (Wildman–Crippen MR) is 143 cm³/mol. The third-order valence-corrected chi connectivity index (χ3v) is 7.60.